The smallest absolute Gasteiger partial charge is 0.335 e. The summed E-state index contributed by atoms with van der Waals surface area (Å²) in [7, 11) is -3.52. The Bertz CT molecular complexity index is 845. The van der Waals surface area contributed by atoms with Crippen molar-refractivity contribution in [3.63, 3.8) is 0 Å². The number of nitrogens with zero attached hydrogens (tertiary/aromatic N) is 1. The molecule has 0 saturated carbocycles. The van der Waals surface area contributed by atoms with Crippen molar-refractivity contribution in [3.05, 3.63) is 65.7 Å². The van der Waals surface area contributed by atoms with Gasteiger partial charge in [0.05, 0.1) is 23.0 Å². The van der Waals surface area contributed by atoms with E-state index in [1.54, 1.807) is 24.3 Å². The molecule has 0 radical (unpaired) electrons. The summed E-state index contributed by atoms with van der Waals surface area (Å²) >= 11 is 0. The second-order valence-electron chi connectivity index (χ2n) is 6.34. The highest BCUT2D eigenvalue weighted by molar-refractivity contribution is 7.93. The maximum absolute atomic E-state index is 13.3. The number of para-hydroxylation sites is 1. The number of hydrogen-bond acceptors (Lipinski definition) is 4. The van der Waals surface area contributed by atoms with Crippen molar-refractivity contribution in [1.82, 2.24) is 5.32 Å². The summed E-state index contributed by atoms with van der Waals surface area (Å²) in [6.45, 7) is 1.57. The van der Waals surface area contributed by atoms with E-state index in [2.05, 4.69) is 5.32 Å². The van der Waals surface area contributed by atoms with E-state index in [1.165, 1.54) is 16.4 Å². The lowest BCUT2D eigenvalue weighted by atomic mass is 10.1. The molecule has 0 bridgehead atoms. The van der Waals surface area contributed by atoms with Gasteiger partial charge in [-0.2, -0.15) is 0 Å². The van der Waals surface area contributed by atoms with Crippen LogP contribution in [0.3, 0.4) is 0 Å². The number of piperidine rings is 1. The lowest BCUT2D eigenvalue weighted by Gasteiger charge is -2.31. The number of anilines is 1. The molecule has 3 rings (SSSR count). The molecule has 26 heavy (non-hydrogen) atoms. The first kappa shape index (κ1) is 18.4. The number of sulfonamides is 1. The lowest BCUT2D eigenvalue weighted by Crippen LogP contribution is -2.43. The molecule has 1 heterocycles. The predicted molar refractivity (Wildman–Crippen MR) is 101 cm³/mol. The molecule has 0 spiro atoms. The van der Waals surface area contributed by atoms with Crippen LogP contribution in [0.4, 0.5) is 5.69 Å². The Hall–Kier alpha value is -2.38. The summed E-state index contributed by atoms with van der Waals surface area (Å²) in [6, 6.07) is 15.4. The molecule has 1 saturated heterocycles. The van der Waals surface area contributed by atoms with E-state index in [9.17, 15) is 13.2 Å². The minimum absolute atomic E-state index is 0.177. The third kappa shape index (κ3) is 4.05. The van der Waals surface area contributed by atoms with Crippen molar-refractivity contribution >= 4 is 21.7 Å². The van der Waals surface area contributed by atoms with Gasteiger partial charge in [0.2, 0.25) is 10.0 Å². The van der Waals surface area contributed by atoms with E-state index >= 15 is 0 Å². The molecule has 0 atom stereocenters. The largest absolute Gasteiger partial charge is 0.478 e. The van der Waals surface area contributed by atoms with E-state index < -0.39 is 21.2 Å². The SMILES string of the molecule is O=C(O)c1ccc(CN(c2ccccc2)S(=O)(=O)C2CCNCC2)cc1. The number of carboxylic acids is 1. The second kappa shape index (κ2) is 7.88. The van der Waals surface area contributed by atoms with E-state index in [1.807, 2.05) is 18.2 Å². The van der Waals surface area contributed by atoms with Gasteiger partial charge in [-0.15, -0.1) is 0 Å². The Kier molecular flexibility index (Phi) is 5.58. The van der Waals surface area contributed by atoms with Crippen molar-refractivity contribution in [1.29, 1.82) is 0 Å². The summed E-state index contributed by atoms with van der Waals surface area (Å²) < 4.78 is 28.0. The van der Waals surface area contributed by atoms with Crippen molar-refractivity contribution in [2.24, 2.45) is 0 Å². The van der Waals surface area contributed by atoms with Crippen LogP contribution in [0.1, 0.15) is 28.8 Å². The molecule has 6 nitrogen and oxygen atoms in total. The average molecular weight is 374 g/mol. The molecular weight excluding hydrogens is 352 g/mol. The van der Waals surface area contributed by atoms with Crippen LogP contribution in [0.5, 0.6) is 0 Å². The van der Waals surface area contributed by atoms with Crippen molar-refractivity contribution in [2.75, 3.05) is 17.4 Å². The second-order valence-corrected chi connectivity index (χ2v) is 8.48. The molecule has 2 aromatic rings. The topological polar surface area (TPSA) is 86.7 Å². The van der Waals surface area contributed by atoms with Crippen LogP contribution >= 0.6 is 0 Å². The molecule has 1 aliphatic heterocycles. The molecule has 1 aliphatic rings. The van der Waals surface area contributed by atoms with Gasteiger partial charge in [0.25, 0.3) is 0 Å². The molecule has 0 amide bonds. The first-order chi connectivity index (χ1) is 12.5. The highest BCUT2D eigenvalue weighted by atomic mass is 32.2. The van der Waals surface area contributed by atoms with E-state index in [0.717, 1.165) is 5.56 Å². The third-order valence-electron chi connectivity index (χ3n) is 4.59. The summed E-state index contributed by atoms with van der Waals surface area (Å²) in [5.74, 6) is -1.00. The molecule has 2 N–H and O–H groups in total. The van der Waals surface area contributed by atoms with Crippen LogP contribution in [-0.4, -0.2) is 37.8 Å². The van der Waals surface area contributed by atoms with Gasteiger partial charge in [0.15, 0.2) is 0 Å². The van der Waals surface area contributed by atoms with Crippen molar-refractivity contribution in [3.8, 4) is 0 Å². The van der Waals surface area contributed by atoms with Crippen LogP contribution in [0.25, 0.3) is 0 Å². The average Bonchev–Trinajstić information content (AvgIpc) is 2.67. The number of aromatic carboxylic acids is 1. The standard InChI is InChI=1S/C19H22N2O4S/c22-19(23)16-8-6-15(7-9-16)14-21(17-4-2-1-3-5-17)26(24,25)18-10-12-20-13-11-18/h1-9,18,20H,10-14H2,(H,22,23). The number of hydrogen-bond donors (Lipinski definition) is 2. The number of carbonyl (C=O) groups is 1. The van der Waals surface area contributed by atoms with Gasteiger partial charge in [0.1, 0.15) is 0 Å². The van der Waals surface area contributed by atoms with Crippen LogP contribution < -0.4 is 9.62 Å². The first-order valence-electron chi connectivity index (χ1n) is 8.58. The maximum atomic E-state index is 13.3. The Labute approximate surface area is 153 Å². The van der Waals surface area contributed by atoms with Gasteiger partial charge in [-0.3, -0.25) is 4.31 Å². The Morgan fingerprint density at radius 1 is 1.04 bits per heavy atom. The maximum Gasteiger partial charge on any atom is 0.335 e. The zero-order chi connectivity index (χ0) is 18.6. The molecule has 0 unspecified atom stereocenters. The van der Waals surface area contributed by atoms with Gasteiger partial charge < -0.3 is 10.4 Å². The minimum atomic E-state index is -3.52. The number of rotatable bonds is 6. The zero-order valence-electron chi connectivity index (χ0n) is 14.3. The van der Waals surface area contributed by atoms with Gasteiger partial charge in [-0.05, 0) is 55.8 Å². The Morgan fingerprint density at radius 3 is 2.23 bits per heavy atom. The fourth-order valence-electron chi connectivity index (χ4n) is 3.11. The van der Waals surface area contributed by atoms with E-state index in [4.69, 9.17) is 5.11 Å². The normalized spacial score (nSPS) is 15.5. The van der Waals surface area contributed by atoms with Gasteiger partial charge in [-0.1, -0.05) is 30.3 Å². The molecule has 0 aliphatic carbocycles. The van der Waals surface area contributed by atoms with Crippen LogP contribution in [-0.2, 0) is 16.6 Å². The molecule has 1 fully saturated rings. The molecule has 138 valence electrons. The highest BCUT2D eigenvalue weighted by Crippen LogP contribution is 2.26. The molecule has 2 aromatic carbocycles. The first-order valence-corrected chi connectivity index (χ1v) is 10.1. The molecule has 7 heteroatoms. The van der Waals surface area contributed by atoms with E-state index in [0.29, 0.717) is 31.6 Å². The predicted octanol–water partition coefficient (Wildman–Crippen LogP) is 2.47. The minimum Gasteiger partial charge on any atom is -0.478 e. The highest BCUT2D eigenvalue weighted by Gasteiger charge is 2.33. The fraction of sp³-hybridized carbons (Fsp3) is 0.316. The van der Waals surface area contributed by atoms with Gasteiger partial charge >= 0.3 is 5.97 Å². The van der Waals surface area contributed by atoms with Crippen LogP contribution in [0.15, 0.2) is 54.6 Å². The Morgan fingerprint density at radius 2 is 1.65 bits per heavy atom. The third-order valence-corrected chi connectivity index (χ3v) is 6.85. The van der Waals surface area contributed by atoms with E-state index in [-0.39, 0.29) is 12.1 Å². The monoisotopic (exact) mass is 374 g/mol. The number of carboxylic acid groups (broad SMARTS) is 1. The van der Waals surface area contributed by atoms with Gasteiger partial charge in [0, 0.05) is 0 Å². The Balaban J connectivity index is 1.92. The summed E-state index contributed by atoms with van der Waals surface area (Å²) in [5.41, 5.74) is 1.55. The summed E-state index contributed by atoms with van der Waals surface area (Å²) in [5, 5.41) is 11.8. The summed E-state index contributed by atoms with van der Waals surface area (Å²) in [6.07, 6.45) is 1.17. The number of benzene rings is 2. The molecule has 0 aromatic heterocycles. The van der Waals surface area contributed by atoms with Crippen molar-refractivity contribution in [2.45, 2.75) is 24.6 Å². The van der Waals surface area contributed by atoms with Crippen LogP contribution in [0, 0.1) is 0 Å². The lowest BCUT2D eigenvalue weighted by molar-refractivity contribution is 0.0697. The fourth-order valence-corrected chi connectivity index (χ4v) is 5.05. The van der Waals surface area contributed by atoms with Crippen LogP contribution in [0.2, 0.25) is 0 Å². The summed E-state index contributed by atoms with van der Waals surface area (Å²) in [4.78, 5) is 11.0. The number of nitrogens with one attached hydrogen (secondary N) is 1. The quantitative estimate of drug-likeness (QED) is 0.811. The molecular formula is C19H22N2O4S. The zero-order valence-corrected chi connectivity index (χ0v) is 15.2. The van der Waals surface area contributed by atoms with Gasteiger partial charge in [-0.25, -0.2) is 13.2 Å². The van der Waals surface area contributed by atoms with Crippen molar-refractivity contribution < 1.29 is 18.3 Å².